The third-order valence-corrected chi connectivity index (χ3v) is 7.87. The predicted octanol–water partition coefficient (Wildman–Crippen LogP) is 5.37. The fourth-order valence-corrected chi connectivity index (χ4v) is 5.68. The Kier molecular flexibility index (Phi) is 8.30. The Morgan fingerprint density at radius 2 is 1.74 bits per heavy atom. The van der Waals surface area contributed by atoms with E-state index in [2.05, 4.69) is 13.8 Å². The zero-order valence-electron chi connectivity index (χ0n) is 25.1. The number of rotatable bonds is 5. The van der Waals surface area contributed by atoms with Crippen LogP contribution in [0.5, 0.6) is 40.2 Å². The zero-order chi connectivity index (χ0) is 31.0. The van der Waals surface area contributed by atoms with E-state index in [-0.39, 0.29) is 41.7 Å². The van der Waals surface area contributed by atoms with E-state index in [1.807, 2.05) is 18.2 Å². The Hall–Kier alpha value is -4.60. The van der Waals surface area contributed by atoms with Gasteiger partial charge in [-0.15, -0.1) is 0 Å². The molecule has 228 valence electrons. The number of aryl methyl sites for hydroxylation is 1. The van der Waals surface area contributed by atoms with Gasteiger partial charge < -0.3 is 38.6 Å². The fraction of sp³-hybridized carbons (Fsp3) is 0.394. The van der Waals surface area contributed by atoms with Crippen LogP contribution in [0.2, 0.25) is 0 Å². The molecule has 10 nitrogen and oxygen atoms in total. The van der Waals surface area contributed by atoms with Gasteiger partial charge >= 0.3 is 5.97 Å². The summed E-state index contributed by atoms with van der Waals surface area (Å²) < 4.78 is 33.9. The molecule has 0 radical (unpaired) electrons. The van der Waals surface area contributed by atoms with E-state index in [0.29, 0.717) is 46.6 Å². The molecule has 0 saturated carbocycles. The molecule has 0 bridgehead atoms. The number of ether oxygens (including phenoxy) is 6. The first-order valence-corrected chi connectivity index (χ1v) is 14.2. The van der Waals surface area contributed by atoms with Crippen molar-refractivity contribution < 1.29 is 48.2 Å². The Labute approximate surface area is 250 Å². The van der Waals surface area contributed by atoms with Crippen LogP contribution in [-0.2, 0) is 11.2 Å². The number of fused-ring (bicyclic) bond motifs is 6. The number of phenolic OH excluding ortho intramolecular Hbond substituents is 2. The topological polar surface area (TPSA) is 130 Å². The van der Waals surface area contributed by atoms with Gasteiger partial charge in [-0.3, -0.25) is 4.79 Å². The van der Waals surface area contributed by atoms with Crippen LogP contribution >= 0.6 is 0 Å². The molecule has 0 spiro atoms. The van der Waals surface area contributed by atoms with E-state index in [0.717, 1.165) is 29.4 Å². The summed E-state index contributed by atoms with van der Waals surface area (Å²) in [4.78, 5) is 24.9. The lowest BCUT2D eigenvalue weighted by molar-refractivity contribution is 0.0520. The van der Waals surface area contributed by atoms with E-state index >= 15 is 0 Å². The second kappa shape index (κ2) is 11.9. The van der Waals surface area contributed by atoms with Crippen LogP contribution in [0.3, 0.4) is 0 Å². The molecule has 10 heteroatoms. The van der Waals surface area contributed by atoms with Gasteiger partial charge in [0.15, 0.2) is 17.3 Å². The first-order chi connectivity index (χ1) is 20.6. The second-order valence-electron chi connectivity index (χ2n) is 11.0. The minimum absolute atomic E-state index is 0.0452. The maximum absolute atomic E-state index is 13.5. The Bertz CT molecular complexity index is 1540. The molecule has 3 unspecified atom stereocenters. The quantitative estimate of drug-likeness (QED) is 0.373. The maximum Gasteiger partial charge on any atom is 0.342 e. The van der Waals surface area contributed by atoms with Crippen molar-refractivity contribution >= 4 is 11.8 Å². The van der Waals surface area contributed by atoms with Crippen molar-refractivity contribution in [3.8, 4) is 40.2 Å². The molecule has 0 saturated heterocycles. The van der Waals surface area contributed by atoms with Crippen LogP contribution < -0.4 is 23.7 Å². The Morgan fingerprint density at radius 1 is 1.02 bits per heavy atom. The summed E-state index contributed by atoms with van der Waals surface area (Å²) in [5.41, 5.74) is 2.96. The molecule has 0 aliphatic carbocycles. The van der Waals surface area contributed by atoms with E-state index in [1.165, 1.54) is 6.07 Å². The largest absolute Gasteiger partial charge is 0.508 e. The number of carbonyl (C=O) groups excluding carboxylic acids is 2. The standard InChI is InChI=1S/C23H24O6.C10H12O4/c1-11(2)16-8-14-15(28-16)6-5-12-22(24)21-13-7-18(25-3)19(26-4)9-17(13)27-10-20(21)29-23(12)14;1-3-14-10(13)9-6(2)4-7(11)5-8(9)12/h5-7,9,11,16,20-21H,8,10H2,1-4H3;4-5,11-12H,3H2,1-2H3. The van der Waals surface area contributed by atoms with Gasteiger partial charge in [-0.05, 0) is 49.6 Å². The van der Waals surface area contributed by atoms with Crippen LogP contribution in [0, 0.1) is 12.8 Å². The van der Waals surface area contributed by atoms with Crippen LogP contribution in [0.15, 0.2) is 36.4 Å². The maximum atomic E-state index is 13.5. The van der Waals surface area contributed by atoms with Gasteiger partial charge in [-0.1, -0.05) is 13.8 Å². The highest BCUT2D eigenvalue weighted by Crippen LogP contribution is 2.50. The fourth-order valence-electron chi connectivity index (χ4n) is 5.68. The number of aromatic hydroxyl groups is 2. The van der Waals surface area contributed by atoms with Crippen molar-refractivity contribution in [1.82, 2.24) is 0 Å². The number of ketones is 1. The Balaban J connectivity index is 0.000000222. The highest BCUT2D eigenvalue weighted by atomic mass is 16.5. The third-order valence-electron chi connectivity index (χ3n) is 7.87. The van der Waals surface area contributed by atoms with Crippen molar-refractivity contribution in [2.24, 2.45) is 5.92 Å². The van der Waals surface area contributed by atoms with Gasteiger partial charge in [0.2, 0.25) is 0 Å². The Morgan fingerprint density at radius 3 is 2.40 bits per heavy atom. The minimum Gasteiger partial charge on any atom is -0.508 e. The SMILES string of the molecule is CCOC(=O)c1c(C)cc(O)cc1O.COc1cc2c(cc1OC)C1C(=O)c3ccc4c(c3OC1CO2)CC(C(C)C)O4. The van der Waals surface area contributed by atoms with Gasteiger partial charge in [0.05, 0.1) is 32.3 Å². The van der Waals surface area contributed by atoms with Crippen molar-refractivity contribution in [3.05, 3.63) is 64.2 Å². The van der Waals surface area contributed by atoms with E-state index in [9.17, 15) is 14.7 Å². The molecule has 43 heavy (non-hydrogen) atoms. The lowest BCUT2D eigenvalue weighted by atomic mass is 9.81. The van der Waals surface area contributed by atoms with Crippen molar-refractivity contribution in [2.75, 3.05) is 27.4 Å². The summed E-state index contributed by atoms with van der Waals surface area (Å²) in [5, 5.41) is 18.5. The molecule has 6 rings (SSSR count). The molecule has 3 atom stereocenters. The average Bonchev–Trinajstić information content (AvgIpc) is 3.42. The molecule has 3 aromatic carbocycles. The monoisotopic (exact) mass is 592 g/mol. The second-order valence-corrected chi connectivity index (χ2v) is 11.0. The zero-order valence-corrected chi connectivity index (χ0v) is 25.1. The summed E-state index contributed by atoms with van der Waals surface area (Å²) in [5.74, 6) is 2.32. The van der Waals surface area contributed by atoms with Gasteiger partial charge in [-0.2, -0.15) is 0 Å². The number of hydrogen-bond donors (Lipinski definition) is 2. The highest BCUT2D eigenvalue weighted by molar-refractivity contribution is 6.06. The average molecular weight is 593 g/mol. The normalized spacial score (nSPS) is 19.2. The van der Waals surface area contributed by atoms with Crippen molar-refractivity contribution in [1.29, 1.82) is 0 Å². The molecule has 2 N–H and O–H groups in total. The molecular weight excluding hydrogens is 556 g/mol. The summed E-state index contributed by atoms with van der Waals surface area (Å²) in [6.07, 6.45) is 0.474. The number of esters is 1. The predicted molar refractivity (Wildman–Crippen MR) is 156 cm³/mol. The lowest BCUT2D eigenvalue weighted by Gasteiger charge is -2.37. The summed E-state index contributed by atoms with van der Waals surface area (Å²) in [6, 6.07) is 9.82. The number of phenols is 2. The van der Waals surface area contributed by atoms with Crippen molar-refractivity contribution in [2.45, 2.75) is 52.2 Å². The minimum atomic E-state index is -0.581. The lowest BCUT2D eigenvalue weighted by Crippen LogP contribution is -2.43. The van der Waals surface area contributed by atoms with Crippen LogP contribution in [0.4, 0.5) is 0 Å². The molecule has 0 aromatic heterocycles. The third kappa shape index (κ3) is 5.49. The van der Waals surface area contributed by atoms with E-state index in [4.69, 9.17) is 33.5 Å². The summed E-state index contributed by atoms with van der Waals surface area (Å²) in [6.45, 7) is 8.13. The highest BCUT2D eigenvalue weighted by Gasteiger charge is 2.45. The smallest absolute Gasteiger partial charge is 0.342 e. The van der Waals surface area contributed by atoms with E-state index in [1.54, 1.807) is 34.1 Å². The molecule has 3 aliphatic rings. The van der Waals surface area contributed by atoms with Crippen molar-refractivity contribution in [3.63, 3.8) is 0 Å². The summed E-state index contributed by atoms with van der Waals surface area (Å²) >= 11 is 0. The molecule has 3 aromatic rings. The molecular formula is C33H36O10. The molecule has 3 aliphatic heterocycles. The number of benzene rings is 3. The van der Waals surface area contributed by atoms with Gasteiger partial charge in [0, 0.05) is 29.7 Å². The number of methoxy groups -OCH3 is 2. The van der Waals surface area contributed by atoms with Crippen LogP contribution in [0.1, 0.15) is 64.1 Å². The van der Waals surface area contributed by atoms with Crippen LogP contribution in [-0.4, -0.2) is 61.6 Å². The van der Waals surface area contributed by atoms with Crippen LogP contribution in [0.25, 0.3) is 0 Å². The number of hydrogen-bond acceptors (Lipinski definition) is 10. The summed E-state index contributed by atoms with van der Waals surface area (Å²) in [7, 11) is 3.16. The molecule has 0 amide bonds. The van der Waals surface area contributed by atoms with Gasteiger partial charge in [-0.25, -0.2) is 4.79 Å². The number of carbonyl (C=O) groups is 2. The first-order valence-electron chi connectivity index (χ1n) is 14.2. The molecule has 0 fully saturated rings. The first kappa shape index (κ1) is 29.9. The number of Topliss-reactive ketones (excluding diaryl/α,β-unsaturated/α-hetero) is 1. The molecule has 3 heterocycles. The van der Waals surface area contributed by atoms with E-state index < -0.39 is 11.9 Å². The van der Waals surface area contributed by atoms with Gasteiger partial charge in [0.1, 0.15) is 53.1 Å². The van der Waals surface area contributed by atoms with Gasteiger partial charge in [0.25, 0.3) is 0 Å².